The molecule has 0 unspecified atom stereocenters. The van der Waals surface area contributed by atoms with Crippen molar-refractivity contribution < 1.29 is 0 Å². The predicted octanol–water partition coefficient (Wildman–Crippen LogP) is 4.57. The molecule has 3 heterocycles. The number of fused-ring (bicyclic) bond motifs is 2. The molecular formula is C21H19ClN4OS. The molecule has 0 spiro atoms. The molecule has 0 amide bonds. The summed E-state index contributed by atoms with van der Waals surface area (Å²) in [5, 5.41) is 2.32. The van der Waals surface area contributed by atoms with E-state index in [4.69, 9.17) is 16.6 Å². The van der Waals surface area contributed by atoms with Crippen molar-refractivity contribution in [2.45, 2.75) is 25.3 Å². The largest absolute Gasteiger partial charge is 0.309 e. The first-order valence-corrected chi connectivity index (χ1v) is 10.6. The van der Waals surface area contributed by atoms with Gasteiger partial charge in [-0.2, -0.15) is 0 Å². The zero-order valence-electron chi connectivity index (χ0n) is 15.2. The van der Waals surface area contributed by atoms with E-state index in [1.165, 1.54) is 9.71 Å². The third kappa shape index (κ3) is 3.43. The Morgan fingerprint density at radius 3 is 2.75 bits per heavy atom. The summed E-state index contributed by atoms with van der Waals surface area (Å²) < 4.78 is 1.26. The quantitative estimate of drug-likeness (QED) is 0.537. The van der Waals surface area contributed by atoms with Gasteiger partial charge in [-0.15, -0.1) is 11.3 Å². The van der Waals surface area contributed by atoms with E-state index in [0.29, 0.717) is 34.2 Å². The summed E-state index contributed by atoms with van der Waals surface area (Å²) >= 11 is 7.80. The Labute approximate surface area is 171 Å². The fraction of sp³-hybridized carbons (Fsp3) is 0.286. The fourth-order valence-electron chi connectivity index (χ4n) is 3.85. The van der Waals surface area contributed by atoms with Gasteiger partial charge in [-0.3, -0.25) is 9.69 Å². The highest BCUT2D eigenvalue weighted by Gasteiger charge is 2.24. The minimum absolute atomic E-state index is 0.133. The summed E-state index contributed by atoms with van der Waals surface area (Å²) in [5.74, 6) is 1.22. The van der Waals surface area contributed by atoms with Gasteiger partial charge in [-0.25, -0.2) is 9.97 Å². The lowest BCUT2D eigenvalue weighted by Crippen LogP contribution is -2.33. The van der Waals surface area contributed by atoms with Crippen LogP contribution in [0.1, 0.15) is 29.6 Å². The van der Waals surface area contributed by atoms with E-state index < -0.39 is 0 Å². The van der Waals surface area contributed by atoms with Gasteiger partial charge in [0.15, 0.2) is 0 Å². The van der Waals surface area contributed by atoms with Gasteiger partial charge in [0.05, 0.1) is 32.7 Å². The second kappa shape index (κ2) is 7.28. The molecule has 0 radical (unpaired) electrons. The summed E-state index contributed by atoms with van der Waals surface area (Å²) in [6, 6.07) is 13.6. The molecule has 1 fully saturated rings. The monoisotopic (exact) mass is 410 g/mol. The zero-order chi connectivity index (χ0) is 19.1. The molecule has 5 rings (SSSR count). The van der Waals surface area contributed by atoms with Crippen molar-refractivity contribution in [2.24, 2.45) is 0 Å². The van der Waals surface area contributed by atoms with Gasteiger partial charge in [0.25, 0.3) is 5.56 Å². The van der Waals surface area contributed by atoms with Crippen LogP contribution in [0, 0.1) is 0 Å². The number of likely N-dealkylation sites (tertiary alicyclic amines) is 1. The van der Waals surface area contributed by atoms with Crippen molar-refractivity contribution in [3.05, 3.63) is 68.7 Å². The highest BCUT2D eigenvalue weighted by atomic mass is 35.5. The lowest BCUT2D eigenvalue weighted by atomic mass is 9.97. The SMILES string of the molecule is O=c1[nH]c(CN2CCC(c3nc4ccccc4s3)CC2)nc2ccc(Cl)cc12. The number of aromatic nitrogens is 3. The van der Waals surface area contributed by atoms with Crippen LogP contribution in [-0.4, -0.2) is 32.9 Å². The molecule has 2 aromatic carbocycles. The Morgan fingerprint density at radius 2 is 1.93 bits per heavy atom. The Morgan fingerprint density at radius 1 is 1.11 bits per heavy atom. The Hall–Kier alpha value is -2.28. The van der Waals surface area contributed by atoms with Crippen molar-refractivity contribution in [2.75, 3.05) is 13.1 Å². The van der Waals surface area contributed by atoms with E-state index in [0.717, 1.165) is 31.4 Å². The molecule has 0 bridgehead atoms. The van der Waals surface area contributed by atoms with Gasteiger partial charge < -0.3 is 4.98 Å². The number of nitrogens with zero attached hydrogens (tertiary/aromatic N) is 3. The standard InChI is InChI=1S/C21H19ClN4OS/c22-14-5-6-16-15(11-14)20(27)25-19(23-16)12-26-9-7-13(8-10-26)21-24-17-3-1-2-4-18(17)28-21/h1-6,11,13H,7-10,12H2,(H,23,25,27). The van der Waals surface area contributed by atoms with Gasteiger partial charge in [0.2, 0.25) is 0 Å². The van der Waals surface area contributed by atoms with Crippen molar-refractivity contribution in [3.63, 3.8) is 0 Å². The normalized spacial score (nSPS) is 16.2. The number of thiazole rings is 1. The molecule has 142 valence electrons. The number of hydrogen-bond donors (Lipinski definition) is 1. The first-order valence-electron chi connectivity index (χ1n) is 9.42. The van der Waals surface area contributed by atoms with E-state index in [-0.39, 0.29) is 5.56 Å². The van der Waals surface area contributed by atoms with Crippen LogP contribution in [0.15, 0.2) is 47.3 Å². The van der Waals surface area contributed by atoms with Crippen molar-refractivity contribution in [1.82, 2.24) is 19.9 Å². The summed E-state index contributed by atoms with van der Waals surface area (Å²) in [7, 11) is 0. The first kappa shape index (κ1) is 17.8. The van der Waals surface area contributed by atoms with Gasteiger partial charge in [0.1, 0.15) is 5.82 Å². The average molecular weight is 411 g/mol. The first-order chi connectivity index (χ1) is 13.7. The van der Waals surface area contributed by atoms with Crippen molar-refractivity contribution in [3.8, 4) is 0 Å². The topological polar surface area (TPSA) is 61.9 Å². The van der Waals surface area contributed by atoms with Crippen LogP contribution in [-0.2, 0) is 6.54 Å². The van der Waals surface area contributed by atoms with E-state index in [1.807, 2.05) is 17.4 Å². The number of piperidine rings is 1. The molecule has 0 atom stereocenters. The van der Waals surface area contributed by atoms with Gasteiger partial charge in [0, 0.05) is 10.9 Å². The number of benzene rings is 2. The third-order valence-corrected chi connectivity index (χ3v) is 6.77. The Bertz CT molecular complexity index is 1180. The molecule has 28 heavy (non-hydrogen) atoms. The molecule has 4 aromatic rings. The summed E-state index contributed by atoms with van der Waals surface area (Å²) in [6.07, 6.45) is 2.15. The van der Waals surface area contributed by atoms with E-state index >= 15 is 0 Å². The van der Waals surface area contributed by atoms with Crippen LogP contribution in [0.25, 0.3) is 21.1 Å². The molecule has 1 N–H and O–H groups in total. The third-order valence-electron chi connectivity index (χ3n) is 5.34. The second-order valence-corrected chi connectivity index (χ2v) is 8.74. The zero-order valence-corrected chi connectivity index (χ0v) is 16.8. The highest BCUT2D eigenvalue weighted by Crippen LogP contribution is 2.34. The van der Waals surface area contributed by atoms with Crippen molar-refractivity contribution >= 4 is 44.1 Å². The molecule has 5 nitrogen and oxygen atoms in total. The van der Waals surface area contributed by atoms with E-state index in [9.17, 15) is 4.79 Å². The molecular weight excluding hydrogens is 392 g/mol. The van der Waals surface area contributed by atoms with Crippen LogP contribution in [0.4, 0.5) is 0 Å². The number of hydrogen-bond acceptors (Lipinski definition) is 5. The predicted molar refractivity (Wildman–Crippen MR) is 114 cm³/mol. The maximum atomic E-state index is 12.3. The maximum Gasteiger partial charge on any atom is 0.258 e. The summed E-state index contributed by atoms with van der Waals surface area (Å²) in [5.41, 5.74) is 1.65. The molecule has 2 aromatic heterocycles. The summed E-state index contributed by atoms with van der Waals surface area (Å²) in [4.78, 5) is 27.0. The number of rotatable bonds is 3. The fourth-order valence-corrected chi connectivity index (χ4v) is 5.16. The minimum atomic E-state index is -0.133. The molecule has 1 aliphatic rings. The van der Waals surface area contributed by atoms with Gasteiger partial charge in [-0.1, -0.05) is 23.7 Å². The smallest absolute Gasteiger partial charge is 0.258 e. The Balaban J connectivity index is 1.29. The number of para-hydroxylation sites is 1. The molecule has 0 aliphatic carbocycles. The lowest BCUT2D eigenvalue weighted by molar-refractivity contribution is 0.200. The molecule has 1 aliphatic heterocycles. The number of nitrogens with one attached hydrogen (secondary N) is 1. The summed E-state index contributed by atoms with van der Waals surface area (Å²) in [6.45, 7) is 2.60. The number of aromatic amines is 1. The Kier molecular flexibility index (Phi) is 4.62. The molecule has 0 saturated carbocycles. The minimum Gasteiger partial charge on any atom is -0.309 e. The second-order valence-electron chi connectivity index (χ2n) is 7.24. The van der Waals surface area contributed by atoms with Crippen LogP contribution in [0.5, 0.6) is 0 Å². The lowest BCUT2D eigenvalue weighted by Gasteiger charge is -2.30. The van der Waals surface area contributed by atoms with Crippen LogP contribution < -0.4 is 5.56 Å². The van der Waals surface area contributed by atoms with Crippen LogP contribution in [0.3, 0.4) is 0 Å². The van der Waals surface area contributed by atoms with E-state index in [1.54, 1.807) is 18.2 Å². The average Bonchev–Trinajstić information content (AvgIpc) is 3.13. The molecule has 7 heteroatoms. The number of H-pyrrole nitrogens is 1. The highest BCUT2D eigenvalue weighted by molar-refractivity contribution is 7.18. The van der Waals surface area contributed by atoms with E-state index in [2.05, 4.69) is 33.1 Å². The van der Waals surface area contributed by atoms with Gasteiger partial charge in [-0.05, 0) is 56.3 Å². The number of halogens is 1. The van der Waals surface area contributed by atoms with Gasteiger partial charge >= 0.3 is 0 Å². The van der Waals surface area contributed by atoms with Crippen molar-refractivity contribution in [1.29, 1.82) is 0 Å². The van der Waals surface area contributed by atoms with Crippen LogP contribution in [0.2, 0.25) is 5.02 Å². The maximum absolute atomic E-state index is 12.3. The molecule has 1 saturated heterocycles. The van der Waals surface area contributed by atoms with Crippen LogP contribution >= 0.6 is 22.9 Å².